The minimum absolute atomic E-state index is 0.0292. The average molecular weight is 1140 g/mol. The molecule has 0 saturated heterocycles. The standard InChI is InChI=1S/C42H80N4O2.C30H48O2.C2H6/c1-6-9-12-15-19-25-32-38(31-24-14-11-8-3)48-42(47)36-29-22-18-17-21-27-34-40-43-39(33-26-20-16-13-10-7-2)44-41(45-40)35-28-23-30-37-46(4)5;1-7-22(20(2)3)9-8-21(4)26-12-13-27-25-11-10-23-18-24(32-19-31)14-16-29(23,5)28(25)15-17-30(26,27)6;1-2/h38H,6-37H2,1-5H3;7,10,19-21,24-28H,8-9,11-18H2,1-6H3;1-2H3/b;22-7+;. The Bertz CT molecular complexity index is 1880. The number of aromatic nitrogens is 3. The first kappa shape index (κ1) is 73.6. The van der Waals surface area contributed by atoms with Gasteiger partial charge in [0.05, 0.1) is 0 Å². The lowest BCUT2D eigenvalue weighted by atomic mass is 9.47. The topological polar surface area (TPSA) is 94.5 Å². The molecule has 1 aromatic rings. The van der Waals surface area contributed by atoms with Crippen LogP contribution in [0.1, 0.15) is 338 Å². The van der Waals surface area contributed by atoms with E-state index in [1.165, 1.54) is 186 Å². The highest BCUT2D eigenvalue weighted by atomic mass is 16.5. The van der Waals surface area contributed by atoms with Crippen molar-refractivity contribution < 1.29 is 19.1 Å². The maximum Gasteiger partial charge on any atom is 0.306 e. The number of allylic oxidation sites excluding steroid dienone is 3. The monoisotopic (exact) mass is 1140 g/mol. The fourth-order valence-corrected chi connectivity index (χ4v) is 15.7. The Morgan fingerprint density at radius 1 is 0.634 bits per heavy atom. The Morgan fingerprint density at radius 3 is 1.67 bits per heavy atom. The summed E-state index contributed by atoms with van der Waals surface area (Å²) in [7, 11) is 4.29. The fraction of sp³-hybridized carbons (Fsp3) is 0.878. The van der Waals surface area contributed by atoms with Crippen molar-refractivity contribution in [1.82, 2.24) is 19.9 Å². The van der Waals surface area contributed by atoms with Gasteiger partial charge in [0.15, 0.2) is 0 Å². The minimum atomic E-state index is 0.0292. The molecule has 8 nitrogen and oxygen atoms in total. The first-order chi connectivity index (χ1) is 39.7. The number of ether oxygens (including phenoxy) is 2. The number of hydrogen-bond donors (Lipinski definition) is 0. The molecular formula is C74H134N4O4. The summed E-state index contributed by atoms with van der Waals surface area (Å²) >= 11 is 0. The van der Waals surface area contributed by atoms with Crippen molar-refractivity contribution >= 4 is 12.4 Å². The van der Waals surface area contributed by atoms with E-state index < -0.39 is 0 Å². The van der Waals surface area contributed by atoms with Gasteiger partial charge in [-0.15, -0.1) is 0 Å². The van der Waals surface area contributed by atoms with Gasteiger partial charge >= 0.3 is 5.97 Å². The molecule has 0 spiro atoms. The van der Waals surface area contributed by atoms with Crippen LogP contribution in [0, 0.1) is 46.3 Å². The first-order valence-electron chi connectivity index (χ1n) is 35.7. The molecule has 0 bridgehead atoms. The van der Waals surface area contributed by atoms with Crippen molar-refractivity contribution in [2.75, 3.05) is 20.6 Å². The molecule has 474 valence electrons. The lowest BCUT2D eigenvalue weighted by molar-refractivity contribution is -0.150. The van der Waals surface area contributed by atoms with Crippen LogP contribution >= 0.6 is 0 Å². The van der Waals surface area contributed by atoms with Gasteiger partial charge in [-0.3, -0.25) is 9.59 Å². The third kappa shape index (κ3) is 26.6. The zero-order valence-corrected chi connectivity index (χ0v) is 56.5. The highest BCUT2D eigenvalue weighted by Crippen LogP contribution is 2.67. The largest absolute Gasteiger partial charge is 0.464 e. The van der Waals surface area contributed by atoms with Crippen LogP contribution in [0.25, 0.3) is 0 Å². The van der Waals surface area contributed by atoms with E-state index in [1.54, 1.807) is 11.1 Å². The zero-order chi connectivity index (χ0) is 60.0. The van der Waals surface area contributed by atoms with Crippen LogP contribution in [0.15, 0.2) is 23.3 Å². The SMILES string of the molecule is C/C=C(\CCC(C)C1CCC2C3CC=C4CC(OC=O)CCC4(C)C3CCC12C)C(C)C.CC.CCCCCCCCc1nc(CCCCCCCCC(=O)OC(CCCCCC)CCCCCCCC)nc(CCCCCN(C)C)n1. The molecule has 1 aromatic heterocycles. The van der Waals surface area contributed by atoms with Gasteiger partial charge in [0, 0.05) is 32.1 Å². The van der Waals surface area contributed by atoms with E-state index in [4.69, 9.17) is 24.4 Å². The van der Waals surface area contributed by atoms with Gasteiger partial charge in [-0.2, -0.15) is 0 Å². The van der Waals surface area contributed by atoms with Gasteiger partial charge in [-0.05, 0) is 189 Å². The van der Waals surface area contributed by atoms with Crippen LogP contribution in [0.3, 0.4) is 0 Å². The summed E-state index contributed by atoms with van der Waals surface area (Å²) in [6.07, 6.45) is 54.5. The normalized spacial score (nSPS) is 23.8. The van der Waals surface area contributed by atoms with Crippen LogP contribution < -0.4 is 0 Å². The van der Waals surface area contributed by atoms with Crippen LogP contribution in [0.2, 0.25) is 0 Å². The van der Waals surface area contributed by atoms with E-state index in [0.717, 1.165) is 124 Å². The average Bonchev–Trinajstić information content (AvgIpc) is 1.96. The maximum absolute atomic E-state index is 12.7. The Balaban J connectivity index is 0.000000446. The second kappa shape index (κ2) is 43.1. The second-order valence-electron chi connectivity index (χ2n) is 27.5. The number of unbranched alkanes of at least 4 members (excludes halogenated alkanes) is 20. The van der Waals surface area contributed by atoms with Gasteiger partial charge in [-0.25, -0.2) is 15.0 Å². The molecule has 9 atom stereocenters. The van der Waals surface area contributed by atoms with E-state index in [-0.39, 0.29) is 18.2 Å². The number of carbonyl (C=O) groups is 2. The Labute approximate surface area is 508 Å². The van der Waals surface area contributed by atoms with E-state index in [0.29, 0.717) is 29.6 Å². The van der Waals surface area contributed by atoms with Crippen molar-refractivity contribution in [1.29, 1.82) is 0 Å². The number of hydrogen-bond acceptors (Lipinski definition) is 8. The Hall–Kier alpha value is -2.61. The number of carbonyl (C=O) groups excluding carboxylic acids is 2. The molecule has 8 heteroatoms. The van der Waals surface area contributed by atoms with Gasteiger partial charge in [0.1, 0.15) is 29.7 Å². The molecular weight excluding hydrogens is 1010 g/mol. The molecule has 0 amide bonds. The van der Waals surface area contributed by atoms with Crippen LogP contribution in [-0.2, 0) is 38.3 Å². The second-order valence-corrected chi connectivity index (χ2v) is 27.5. The molecule has 4 aliphatic rings. The predicted octanol–water partition coefficient (Wildman–Crippen LogP) is 21.1. The van der Waals surface area contributed by atoms with E-state index in [9.17, 15) is 9.59 Å². The highest BCUT2D eigenvalue weighted by molar-refractivity contribution is 5.69. The molecule has 9 unspecified atom stereocenters. The summed E-state index contributed by atoms with van der Waals surface area (Å²) in [6, 6.07) is 0. The highest BCUT2D eigenvalue weighted by Gasteiger charge is 2.59. The molecule has 0 N–H and O–H groups in total. The minimum Gasteiger partial charge on any atom is -0.464 e. The lowest BCUT2D eigenvalue weighted by Gasteiger charge is -2.58. The molecule has 3 saturated carbocycles. The van der Waals surface area contributed by atoms with Crippen molar-refractivity contribution in [3.8, 4) is 0 Å². The molecule has 0 radical (unpaired) electrons. The summed E-state index contributed by atoms with van der Waals surface area (Å²) in [4.78, 5) is 40.5. The number of rotatable bonds is 42. The number of aryl methyl sites for hydroxylation is 3. The van der Waals surface area contributed by atoms with Crippen LogP contribution in [-0.4, -0.2) is 65.1 Å². The molecule has 82 heavy (non-hydrogen) atoms. The Kier molecular flexibility index (Phi) is 38.7. The zero-order valence-electron chi connectivity index (χ0n) is 56.5. The number of fused-ring (bicyclic) bond motifs is 5. The van der Waals surface area contributed by atoms with Gasteiger partial charge in [0.2, 0.25) is 0 Å². The van der Waals surface area contributed by atoms with E-state index in [1.807, 2.05) is 13.8 Å². The number of esters is 1. The van der Waals surface area contributed by atoms with E-state index in [2.05, 4.69) is 93.5 Å². The third-order valence-electron chi connectivity index (χ3n) is 20.7. The molecule has 1 heterocycles. The lowest BCUT2D eigenvalue weighted by Crippen LogP contribution is -2.51. The van der Waals surface area contributed by atoms with Crippen molar-refractivity contribution in [3.63, 3.8) is 0 Å². The fourth-order valence-electron chi connectivity index (χ4n) is 15.7. The van der Waals surface area contributed by atoms with Gasteiger partial charge in [-0.1, -0.05) is 208 Å². The summed E-state index contributed by atoms with van der Waals surface area (Å²) in [5, 5.41) is 0. The molecule has 5 rings (SSSR count). The van der Waals surface area contributed by atoms with Crippen molar-refractivity contribution in [3.05, 3.63) is 40.8 Å². The molecule has 0 aliphatic heterocycles. The van der Waals surface area contributed by atoms with Gasteiger partial charge < -0.3 is 14.4 Å². The van der Waals surface area contributed by atoms with E-state index >= 15 is 0 Å². The number of nitrogens with zero attached hydrogens (tertiary/aromatic N) is 4. The van der Waals surface area contributed by atoms with Crippen molar-refractivity contribution in [2.45, 2.75) is 352 Å². The molecule has 4 aliphatic carbocycles. The third-order valence-corrected chi connectivity index (χ3v) is 20.7. The summed E-state index contributed by atoms with van der Waals surface area (Å²) < 4.78 is 11.4. The quantitative estimate of drug-likeness (QED) is 0.0277. The first-order valence-corrected chi connectivity index (χ1v) is 35.7. The summed E-state index contributed by atoms with van der Waals surface area (Å²) in [5.41, 5.74) is 4.13. The Morgan fingerprint density at radius 2 is 1.15 bits per heavy atom. The molecule has 0 aromatic carbocycles. The smallest absolute Gasteiger partial charge is 0.306 e. The van der Waals surface area contributed by atoms with Crippen LogP contribution in [0.4, 0.5) is 0 Å². The molecule has 3 fully saturated rings. The predicted molar refractivity (Wildman–Crippen MR) is 350 cm³/mol. The van der Waals surface area contributed by atoms with Crippen LogP contribution in [0.5, 0.6) is 0 Å². The van der Waals surface area contributed by atoms with Crippen molar-refractivity contribution in [2.24, 2.45) is 46.3 Å². The maximum atomic E-state index is 12.7. The van der Waals surface area contributed by atoms with Gasteiger partial charge in [0.25, 0.3) is 6.47 Å². The summed E-state index contributed by atoms with van der Waals surface area (Å²) in [6.45, 7) is 27.3. The summed E-state index contributed by atoms with van der Waals surface area (Å²) in [5.74, 6) is 8.07.